The van der Waals surface area contributed by atoms with Gasteiger partial charge < -0.3 is 9.47 Å². The van der Waals surface area contributed by atoms with Crippen LogP contribution in [0.4, 0.5) is 17.1 Å². The van der Waals surface area contributed by atoms with Gasteiger partial charge in [-0.3, -0.25) is 0 Å². The highest BCUT2D eigenvalue weighted by Gasteiger charge is 2.29. The fourth-order valence-electron chi connectivity index (χ4n) is 10.7. The zero-order chi connectivity index (χ0) is 46.4. The maximum atomic E-state index is 2.41. The fourth-order valence-corrected chi connectivity index (χ4v) is 10.7. The standard InChI is InChI=1S/C68H46N2/c1-5-17-47(18-6-1)49-29-36-55(37-30-49)69(58-42-43-60-59-25-13-14-27-62(59)68(64(60)46-58)67(52-21-9-3-10-22-52)53-23-11-4-12-24-53)56-38-33-51(34-39-56)54-35-44-66-63(45-54)61-26-15-16-28-65(61)70(66)57-40-31-50(32-41-57)48-19-7-2-8-20-48/h1-46H. The third-order valence-corrected chi connectivity index (χ3v) is 14.0. The second-order valence-corrected chi connectivity index (χ2v) is 18.1. The van der Waals surface area contributed by atoms with Crippen molar-refractivity contribution in [3.05, 3.63) is 301 Å². The summed E-state index contributed by atoms with van der Waals surface area (Å²) in [6.07, 6.45) is 0. The van der Waals surface area contributed by atoms with E-state index in [1.165, 1.54) is 99.7 Å². The average Bonchev–Trinajstić information content (AvgIpc) is 3.94. The monoisotopic (exact) mass is 890 g/mol. The first kappa shape index (κ1) is 41.0. The lowest BCUT2D eigenvalue weighted by Crippen LogP contribution is -2.10. The molecule has 2 nitrogen and oxygen atoms in total. The van der Waals surface area contributed by atoms with Crippen LogP contribution in [0.1, 0.15) is 22.3 Å². The van der Waals surface area contributed by atoms with E-state index < -0.39 is 0 Å². The Morgan fingerprint density at radius 2 is 0.700 bits per heavy atom. The van der Waals surface area contributed by atoms with E-state index in [-0.39, 0.29) is 0 Å². The van der Waals surface area contributed by atoms with Crippen molar-refractivity contribution in [2.45, 2.75) is 0 Å². The number of fused-ring (bicyclic) bond motifs is 6. The summed E-state index contributed by atoms with van der Waals surface area (Å²) in [4.78, 5) is 2.41. The Bertz CT molecular complexity index is 3830. The molecule has 0 saturated carbocycles. The van der Waals surface area contributed by atoms with E-state index in [4.69, 9.17) is 0 Å². The Morgan fingerprint density at radius 1 is 0.271 bits per heavy atom. The van der Waals surface area contributed by atoms with E-state index in [1.807, 2.05) is 0 Å². The number of hydrogen-bond acceptors (Lipinski definition) is 1. The van der Waals surface area contributed by atoms with Gasteiger partial charge in [-0.05, 0) is 145 Å². The number of hydrogen-bond donors (Lipinski definition) is 0. The molecule has 0 unspecified atom stereocenters. The molecule has 13 rings (SSSR count). The van der Waals surface area contributed by atoms with Gasteiger partial charge in [0.2, 0.25) is 0 Å². The highest BCUT2D eigenvalue weighted by atomic mass is 15.1. The molecule has 0 radical (unpaired) electrons. The van der Waals surface area contributed by atoms with E-state index >= 15 is 0 Å². The summed E-state index contributed by atoms with van der Waals surface area (Å²) in [5.41, 5.74) is 23.8. The molecule has 0 atom stereocenters. The fraction of sp³-hybridized carbons (Fsp3) is 0. The molecule has 0 amide bonds. The Balaban J connectivity index is 0.926. The lowest BCUT2D eigenvalue weighted by molar-refractivity contribution is 1.18. The zero-order valence-electron chi connectivity index (χ0n) is 38.5. The molecule has 0 N–H and O–H groups in total. The number of benzene rings is 11. The number of nitrogens with zero attached hydrogens (tertiary/aromatic N) is 2. The Labute approximate surface area is 409 Å². The van der Waals surface area contributed by atoms with Gasteiger partial charge in [0, 0.05) is 33.5 Å². The molecule has 11 aromatic carbocycles. The van der Waals surface area contributed by atoms with Crippen LogP contribution in [0, 0.1) is 0 Å². The van der Waals surface area contributed by atoms with Gasteiger partial charge in [0.05, 0.1) is 11.0 Å². The highest BCUT2D eigenvalue weighted by Crippen LogP contribution is 2.51. The van der Waals surface area contributed by atoms with Crippen molar-refractivity contribution in [3.8, 4) is 50.2 Å². The van der Waals surface area contributed by atoms with Gasteiger partial charge in [-0.25, -0.2) is 0 Å². The van der Waals surface area contributed by atoms with E-state index in [0.717, 1.165) is 22.7 Å². The molecular weight excluding hydrogens is 845 g/mol. The van der Waals surface area contributed by atoms with Crippen molar-refractivity contribution >= 4 is 50.0 Å². The van der Waals surface area contributed by atoms with Crippen LogP contribution in [-0.4, -0.2) is 4.57 Å². The molecule has 328 valence electrons. The minimum Gasteiger partial charge on any atom is -0.310 e. The van der Waals surface area contributed by atoms with Gasteiger partial charge in [-0.2, -0.15) is 0 Å². The number of para-hydroxylation sites is 1. The van der Waals surface area contributed by atoms with E-state index in [0.29, 0.717) is 0 Å². The van der Waals surface area contributed by atoms with E-state index in [1.54, 1.807) is 0 Å². The van der Waals surface area contributed by atoms with Gasteiger partial charge in [0.1, 0.15) is 0 Å². The van der Waals surface area contributed by atoms with Gasteiger partial charge in [0.25, 0.3) is 0 Å². The summed E-state index contributed by atoms with van der Waals surface area (Å²) in [5.74, 6) is 0. The third kappa shape index (κ3) is 7.22. The van der Waals surface area contributed by atoms with Crippen LogP contribution in [0.5, 0.6) is 0 Å². The molecule has 12 aromatic rings. The molecule has 1 aromatic heterocycles. The summed E-state index contributed by atoms with van der Waals surface area (Å²) in [5, 5.41) is 2.47. The minimum atomic E-state index is 1.08. The average molecular weight is 891 g/mol. The first-order valence-corrected chi connectivity index (χ1v) is 24.1. The topological polar surface area (TPSA) is 8.17 Å². The summed E-state index contributed by atoms with van der Waals surface area (Å²) < 4.78 is 2.39. The van der Waals surface area contributed by atoms with Crippen LogP contribution in [0.25, 0.3) is 83.1 Å². The molecule has 0 aliphatic heterocycles. The predicted octanol–water partition coefficient (Wildman–Crippen LogP) is 18.2. The van der Waals surface area contributed by atoms with Crippen molar-refractivity contribution < 1.29 is 0 Å². The van der Waals surface area contributed by atoms with Crippen LogP contribution in [0.2, 0.25) is 0 Å². The lowest BCUT2D eigenvalue weighted by atomic mass is 9.88. The Morgan fingerprint density at radius 3 is 1.30 bits per heavy atom. The summed E-state index contributed by atoms with van der Waals surface area (Å²) in [7, 11) is 0. The van der Waals surface area contributed by atoms with Gasteiger partial charge in [-0.15, -0.1) is 0 Å². The van der Waals surface area contributed by atoms with Crippen LogP contribution in [0.15, 0.2) is 279 Å². The smallest absolute Gasteiger partial charge is 0.0541 e. The Hall–Kier alpha value is -9.24. The van der Waals surface area contributed by atoms with Crippen molar-refractivity contribution in [1.82, 2.24) is 4.57 Å². The largest absolute Gasteiger partial charge is 0.310 e. The maximum Gasteiger partial charge on any atom is 0.0541 e. The molecule has 1 aliphatic rings. The minimum absolute atomic E-state index is 1.08. The van der Waals surface area contributed by atoms with Crippen LogP contribution >= 0.6 is 0 Å². The Kier molecular flexibility index (Phi) is 10.2. The van der Waals surface area contributed by atoms with E-state index in [9.17, 15) is 0 Å². The number of aromatic nitrogens is 1. The molecule has 2 heteroatoms. The summed E-state index contributed by atoms with van der Waals surface area (Å²) >= 11 is 0. The van der Waals surface area contributed by atoms with Crippen LogP contribution < -0.4 is 4.90 Å². The first-order chi connectivity index (χ1) is 34.7. The normalized spacial score (nSPS) is 11.7. The molecular formula is C68H46N2. The maximum absolute atomic E-state index is 2.41. The number of rotatable bonds is 9. The molecule has 1 aliphatic carbocycles. The quantitative estimate of drug-likeness (QED) is 0.140. The van der Waals surface area contributed by atoms with Gasteiger partial charge >= 0.3 is 0 Å². The molecule has 70 heavy (non-hydrogen) atoms. The molecule has 0 saturated heterocycles. The summed E-state index contributed by atoms with van der Waals surface area (Å²) in [6.45, 7) is 0. The second kappa shape index (κ2) is 17.4. The zero-order valence-corrected chi connectivity index (χ0v) is 38.5. The summed E-state index contributed by atoms with van der Waals surface area (Å²) in [6, 6.07) is 102. The molecule has 0 spiro atoms. The SMILES string of the molecule is c1ccc(C(=C2c3ccccc3-c3ccc(N(c4ccc(-c5ccccc5)cc4)c4ccc(-c5ccc6c(c5)c5ccccc5n6-c5ccc(-c6ccccc6)cc5)cc4)cc32)c2ccccc2)cc1. The van der Waals surface area contributed by atoms with E-state index in [2.05, 4.69) is 289 Å². The third-order valence-electron chi connectivity index (χ3n) is 14.0. The molecule has 0 fully saturated rings. The molecule has 1 heterocycles. The highest BCUT2D eigenvalue weighted by molar-refractivity contribution is 6.14. The van der Waals surface area contributed by atoms with Crippen molar-refractivity contribution in [2.75, 3.05) is 4.90 Å². The van der Waals surface area contributed by atoms with Gasteiger partial charge in [0.15, 0.2) is 0 Å². The van der Waals surface area contributed by atoms with Crippen molar-refractivity contribution in [2.24, 2.45) is 0 Å². The molecule has 0 bridgehead atoms. The van der Waals surface area contributed by atoms with Crippen molar-refractivity contribution in [1.29, 1.82) is 0 Å². The van der Waals surface area contributed by atoms with Crippen LogP contribution in [0.3, 0.4) is 0 Å². The van der Waals surface area contributed by atoms with Gasteiger partial charge in [-0.1, -0.05) is 212 Å². The first-order valence-electron chi connectivity index (χ1n) is 24.1. The predicted molar refractivity (Wildman–Crippen MR) is 295 cm³/mol. The number of anilines is 3. The second-order valence-electron chi connectivity index (χ2n) is 18.1. The lowest BCUT2D eigenvalue weighted by Gasteiger charge is -2.27. The van der Waals surface area contributed by atoms with Crippen molar-refractivity contribution in [3.63, 3.8) is 0 Å². The van der Waals surface area contributed by atoms with Crippen LogP contribution in [-0.2, 0) is 0 Å².